The number of halogens is 7. The van der Waals surface area contributed by atoms with Gasteiger partial charge in [-0.3, -0.25) is 4.90 Å². The van der Waals surface area contributed by atoms with Crippen LogP contribution in [0.1, 0.15) is 72.5 Å². The standard InChI is InChI=1S/C30H35F7N3O.CHO2.U/c1-19-13-25(31)9-10-26(19)27-18-39(17-21-7-5-4-6-8-21)11-12-40(27)28(41)38(3)20(2)22-14-23(29(32,33)34)16-24(15-22)30(35,36)37;2-1-3;/h4,9-10,13-16,20-21,27H,5-8,11-12,17-18H2,1-3H3;(H,2,3);/q2*-1;+2/t20-,27-;;/m1../s1. The number of amides is 2. The number of nitrogens with zero attached hydrogens (tertiary/aromatic N) is 3. The van der Waals surface area contributed by atoms with Crippen molar-refractivity contribution in [3.63, 3.8) is 0 Å². The van der Waals surface area contributed by atoms with Crippen LogP contribution in [0, 0.1) is 56.2 Å². The van der Waals surface area contributed by atoms with Gasteiger partial charge in [0.15, 0.2) is 0 Å². The van der Waals surface area contributed by atoms with Gasteiger partial charge in [0.1, 0.15) is 5.82 Å². The Morgan fingerprint density at radius 2 is 1.60 bits per heavy atom. The number of carbonyl (C=O) groups is 1. The first-order valence-electron chi connectivity index (χ1n) is 14.2. The quantitative estimate of drug-likeness (QED) is 0.248. The van der Waals surface area contributed by atoms with E-state index in [2.05, 4.69) is 11.3 Å². The number of benzene rings is 2. The summed E-state index contributed by atoms with van der Waals surface area (Å²) in [6.07, 6.45) is -3.37. The Kier molecular flexibility index (Phi) is 14.3. The number of hydrogen-bond acceptors (Lipinski definition) is 3. The van der Waals surface area contributed by atoms with Crippen LogP contribution in [-0.2, 0) is 17.1 Å². The Hall–Kier alpha value is -2.30. The predicted octanol–water partition coefficient (Wildman–Crippen LogP) is 7.65. The van der Waals surface area contributed by atoms with Crippen LogP contribution in [0.25, 0.3) is 0 Å². The van der Waals surface area contributed by atoms with E-state index in [9.17, 15) is 35.5 Å². The van der Waals surface area contributed by atoms with Crippen molar-refractivity contribution < 1.29 is 76.5 Å². The van der Waals surface area contributed by atoms with E-state index in [0.29, 0.717) is 49.7 Å². The summed E-state index contributed by atoms with van der Waals surface area (Å²) in [4.78, 5) is 27.1. The second kappa shape index (κ2) is 16.5. The Balaban J connectivity index is 0.00000169. The normalized spacial score (nSPS) is 18.7. The van der Waals surface area contributed by atoms with Crippen molar-refractivity contribution in [3.05, 3.63) is 76.5 Å². The Bertz CT molecular complexity index is 1250. The van der Waals surface area contributed by atoms with Gasteiger partial charge < -0.3 is 26.1 Å². The average molecular weight is 870 g/mol. The second-order valence-corrected chi connectivity index (χ2v) is 11.3. The van der Waals surface area contributed by atoms with Crippen molar-refractivity contribution in [2.75, 3.05) is 33.2 Å². The molecule has 2 fully saturated rings. The molecule has 1 aliphatic heterocycles. The fraction of sp³-hybridized carbons (Fsp3) is 0.516. The molecule has 0 radical (unpaired) electrons. The van der Waals surface area contributed by atoms with Gasteiger partial charge in [-0.25, -0.2) is 9.18 Å². The van der Waals surface area contributed by atoms with Gasteiger partial charge in [0.05, 0.1) is 23.2 Å². The Labute approximate surface area is 282 Å². The molecule has 246 valence electrons. The molecule has 1 aliphatic carbocycles. The number of piperazine rings is 1. The molecule has 2 atom stereocenters. The zero-order valence-electron chi connectivity index (χ0n) is 25.2. The second-order valence-electron chi connectivity index (χ2n) is 11.3. The molecule has 4 rings (SSSR count). The Morgan fingerprint density at radius 1 is 1.04 bits per heavy atom. The Morgan fingerprint density at radius 3 is 2.11 bits per heavy atom. The van der Waals surface area contributed by atoms with Crippen LogP contribution >= 0.6 is 0 Å². The molecule has 45 heavy (non-hydrogen) atoms. The van der Waals surface area contributed by atoms with Crippen LogP contribution < -0.4 is 0 Å². The molecule has 0 aromatic heterocycles. The molecule has 1 heterocycles. The number of carbonyl (C=O) groups excluding carboxylic acids is 1. The van der Waals surface area contributed by atoms with Crippen LogP contribution in [0.3, 0.4) is 0 Å². The number of urea groups is 1. The maximum absolute atomic E-state index is 13.9. The maximum atomic E-state index is 13.9. The molecule has 2 amide bonds. The molecular weight excluding hydrogens is 833 g/mol. The van der Waals surface area contributed by atoms with Gasteiger partial charge in [-0.1, -0.05) is 25.4 Å². The van der Waals surface area contributed by atoms with Crippen molar-refractivity contribution in [2.45, 2.75) is 64.0 Å². The number of rotatable bonds is 5. The van der Waals surface area contributed by atoms with E-state index in [-0.39, 0.29) is 42.7 Å². The van der Waals surface area contributed by atoms with Crippen molar-refractivity contribution in [1.29, 1.82) is 0 Å². The van der Waals surface area contributed by atoms with Gasteiger partial charge >= 0.3 is 49.5 Å². The molecule has 2 aromatic rings. The van der Waals surface area contributed by atoms with Gasteiger partial charge in [-0.15, -0.1) is 0 Å². The SMILES string of the molecule is Cc1cc(F)ccc1[C@H]1CN(CC2CC[CH-]CC2)CCN1C(=O)N(C)[C@H](C)c1cc(C(F)(F)F)cc(C(F)(F)F)c1.O=[C-]O.[U+2]. The molecule has 2 aliphatic rings. The summed E-state index contributed by atoms with van der Waals surface area (Å²) in [5.41, 5.74) is -1.72. The van der Waals surface area contributed by atoms with Crippen LogP contribution in [0.2, 0.25) is 0 Å². The van der Waals surface area contributed by atoms with E-state index in [1.807, 2.05) is 0 Å². The van der Waals surface area contributed by atoms with E-state index in [4.69, 9.17) is 9.90 Å². The third kappa shape index (κ3) is 10.3. The van der Waals surface area contributed by atoms with E-state index < -0.39 is 47.4 Å². The third-order valence-corrected chi connectivity index (χ3v) is 8.35. The summed E-state index contributed by atoms with van der Waals surface area (Å²) in [5, 5.41) is 6.76. The van der Waals surface area contributed by atoms with E-state index in [1.165, 1.54) is 31.0 Å². The first-order valence-corrected chi connectivity index (χ1v) is 14.2. The number of aryl methyl sites for hydroxylation is 1. The summed E-state index contributed by atoms with van der Waals surface area (Å²) < 4.78 is 94.8. The fourth-order valence-corrected chi connectivity index (χ4v) is 5.87. The maximum Gasteiger partial charge on any atom is 2.00 e. The third-order valence-electron chi connectivity index (χ3n) is 8.35. The van der Waals surface area contributed by atoms with Crippen molar-refractivity contribution in [3.8, 4) is 0 Å². The monoisotopic (exact) mass is 869 g/mol. The number of hydrogen-bond donors (Lipinski definition) is 1. The van der Waals surface area contributed by atoms with E-state index in [0.717, 1.165) is 37.8 Å². The largest absolute Gasteiger partial charge is 2.00 e. The first kappa shape index (κ1) is 38.9. The van der Waals surface area contributed by atoms with Crippen molar-refractivity contribution in [2.24, 2.45) is 5.92 Å². The molecule has 14 heteroatoms. The summed E-state index contributed by atoms with van der Waals surface area (Å²) >= 11 is 0. The van der Waals surface area contributed by atoms with Crippen molar-refractivity contribution in [1.82, 2.24) is 14.7 Å². The van der Waals surface area contributed by atoms with Crippen LogP contribution in [0.4, 0.5) is 35.5 Å². The first-order chi connectivity index (χ1) is 20.6. The summed E-state index contributed by atoms with van der Waals surface area (Å²) in [5.74, 6) is 0.120. The fourth-order valence-electron chi connectivity index (χ4n) is 5.87. The van der Waals surface area contributed by atoms with Gasteiger partial charge in [0, 0.05) is 33.2 Å². The zero-order chi connectivity index (χ0) is 32.8. The smallest absolute Gasteiger partial charge is 0.665 e. The van der Waals surface area contributed by atoms with Crippen LogP contribution in [-0.4, -0.2) is 65.5 Å². The molecule has 0 bridgehead atoms. The summed E-state index contributed by atoms with van der Waals surface area (Å²) in [7, 11) is 1.38. The molecular formula is C31H36F7N3O3U. The summed E-state index contributed by atoms with van der Waals surface area (Å²) in [6.45, 7) is 5.90. The minimum Gasteiger partial charge on any atom is -0.665 e. The van der Waals surface area contributed by atoms with Gasteiger partial charge in [-0.05, 0) is 66.8 Å². The topological polar surface area (TPSA) is 64.1 Å². The van der Waals surface area contributed by atoms with E-state index >= 15 is 0 Å². The predicted molar refractivity (Wildman–Crippen MR) is 150 cm³/mol. The molecule has 2 aromatic carbocycles. The van der Waals surface area contributed by atoms with Crippen molar-refractivity contribution >= 4 is 12.5 Å². The molecule has 6 nitrogen and oxygen atoms in total. The van der Waals surface area contributed by atoms with Crippen LogP contribution in [0.15, 0.2) is 36.4 Å². The van der Waals surface area contributed by atoms with E-state index in [1.54, 1.807) is 17.9 Å². The number of aliphatic hydroxyl groups excluding tert-OH is 1. The van der Waals surface area contributed by atoms with Gasteiger partial charge in [0.25, 0.3) is 0 Å². The minimum absolute atomic E-state index is 0. The molecule has 1 saturated heterocycles. The molecule has 0 spiro atoms. The molecule has 1 saturated carbocycles. The van der Waals surface area contributed by atoms with Gasteiger partial charge in [-0.2, -0.15) is 39.2 Å². The summed E-state index contributed by atoms with van der Waals surface area (Å²) in [6, 6.07) is 3.68. The molecule has 0 unspecified atom stereocenters. The average Bonchev–Trinajstić information content (AvgIpc) is 2.96. The zero-order valence-corrected chi connectivity index (χ0v) is 29.3. The van der Waals surface area contributed by atoms with Gasteiger partial charge in [0.2, 0.25) is 0 Å². The molecule has 1 N–H and O–H groups in total. The number of alkyl halides is 6. The minimum atomic E-state index is -4.99. The van der Waals surface area contributed by atoms with Crippen LogP contribution in [0.5, 0.6) is 0 Å².